The summed E-state index contributed by atoms with van der Waals surface area (Å²) in [5.74, 6) is 0. The zero-order valence-corrected chi connectivity index (χ0v) is 13.4. The van der Waals surface area contributed by atoms with Crippen LogP contribution in [0.1, 0.15) is 29.3 Å². The lowest BCUT2D eigenvalue weighted by Crippen LogP contribution is -2.13. The summed E-state index contributed by atoms with van der Waals surface area (Å²) < 4.78 is 37.4. The van der Waals surface area contributed by atoms with Gasteiger partial charge in [-0.15, -0.1) is 0 Å². The van der Waals surface area contributed by atoms with E-state index in [2.05, 4.69) is 35.6 Å². The van der Waals surface area contributed by atoms with Crippen molar-refractivity contribution in [2.24, 2.45) is 4.99 Å². The minimum Gasteiger partial charge on any atom is -0.291 e. The monoisotopic (exact) mass is 320 g/mol. The first kappa shape index (κ1) is 18.6. The van der Waals surface area contributed by atoms with Gasteiger partial charge in [-0.2, -0.15) is 13.2 Å². The van der Waals surface area contributed by atoms with E-state index in [1.165, 1.54) is 37.4 Å². The van der Waals surface area contributed by atoms with Crippen molar-refractivity contribution in [3.8, 4) is 0 Å². The lowest BCUT2D eigenvalue weighted by atomic mass is 10.1. The fourth-order valence-corrected chi connectivity index (χ4v) is 1.84. The van der Waals surface area contributed by atoms with Crippen molar-refractivity contribution in [1.29, 1.82) is 0 Å². The molecule has 0 saturated carbocycles. The van der Waals surface area contributed by atoms with Gasteiger partial charge in [0.1, 0.15) is 0 Å². The van der Waals surface area contributed by atoms with Crippen molar-refractivity contribution >= 4 is 11.8 Å². The van der Waals surface area contributed by atoms with Crippen LogP contribution in [0.2, 0.25) is 0 Å². The van der Waals surface area contributed by atoms with E-state index >= 15 is 0 Å². The molecule has 1 heterocycles. The molecule has 1 aromatic carbocycles. The van der Waals surface area contributed by atoms with Gasteiger partial charge in [-0.1, -0.05) is 36.9 Å². The van der Waals surface area contributed by atoms with Crippen LogP contribution in [-0.4, -0.2) is 17.7 Å². The number of nitrogens with zero attached hydrogens (tertiary/aromatic N) is 2. The minimum atomic E-state index is -4.38. The van der Waals surface area contributed by atoms with E-state index in [-0.39, 0.29) is 11.4 Å². The Labute approximate surface area is 134 Å². The van der Waals surface area contributed by atoms with Gasteiger partial charge in [0.25, 0.3) is 0 Å². The molecule has 0 saturated heterocycles. The van der Waals surface area contributed by atoms with Crippen molar-refractivity contribution < 1.29 is 13.2 Å². The van der Waals surface area contributed by atoms with Gasteiger partial charge in [0.2, 0.25) is 0 Å². The molecule has 0 bridgehead atoms. The van der Waals surface area contributed by atoms with Gasteiger partial charge < -0.3 is 0 Å². The quantitative estimate of drug-likeness (QED) is 0.700. The van der Waals surface area contributed by atoms with Crippen molar-refractivity contribution in [1.82, 2.24) is 4.98 Å². The molecule has 122 valence electrons. The highest BCUT2D eigenvalue weighted by atomic mass is 19.4. The smallest absolute Gasteiger partial charge is 0.291 e. The Bertz CT molecular complexity index is 689. The summed E-state index contributed by atoms with van der Waals surface area (Å²) in [6.07, 6.45) is -1.19. The van der Waals surface area contributed by atoms with Crippen molar-refractivity contribution in [2.75, 3.05) is 7.05 Å². The van der Waals surface area contributed by atoms with Crippen molar-refractivity contribution in [2.45, 2.75) is 20.0 Å². The predicted octanol–water partition coefficient (Wildman–Crippen LogP) is 5.18. The summed E-state index contributed by atoms with van der Waals surface area (Å²) in [6, 6.07) is 10.4. The highest BCUT2D eigenvalue weighted by molar-refractivity contribution is 5.98. The van der Waals surface area contributed by atoms with Gasteiger partial charge in [0, 0.05) is 13.2 Å². The molecule has 0 N–H and O–H groups in total. The van der Waals surface area contributed by atoms with Crippen LogP contribution in [0.4, 0.5) is 13.2 Å². The molecule has 0 spiro atoms. The first-order valence-corrected chi connectivity index (χ1v) is 6.95. The Hall–Kier alpha value is -2.43. The second kappa shape index (κ2) is 8.27. The van der Waals surface area contributed by atoms with Crippen molar-refractivity contribution in [3.05, 3.63) is 71.6 Å². The average Bonchev–Trinajstić information content (AvgIpc) is 2.54. The summed E-state index contributed by atoms with van der Waals surface area (Å²) in [5, 5.41) is 0. The number of alkyl halides is 3. The molecule has 0 unspecified atom stereocenters. The minimum absolute atomic E-state index is 0.109. The number of hydrogen-bond acceptors (Lipinski definition) is 2. The number of hydrogen-bond donors (Lipinski definition) is 0. The van der Waals surface area contributed by atoms with Crippen LogP contribution in [-0.2, 0) is 6.18 Å². The first-order valence-electron chi connectivity index (χ1n) is 6.95. The van der Waals surface area contributed by atoms with E-state index in [1.54, 1.807) is 0 Å². The SMILES string of the molecule is C=Cc1ccccc1C.CN=C(C)c1ncccc1C(F)(F)F. The summed E-state index contributed by atoms with van der Waals surface area (Å²) in [6.45, 7) is 7.27. The predicted molar refractivity (Wildman–Crippen MR) is 88.6 cm³/mol. The van der Waals surface area contributed by atoms with Crippen LogP contribution in [0.5, 0.6) is 0 Å². The maximum Gasteiger partial charge on any atom is 0.418 e. The van der Waals surface area contributed by atoms with E-state index in [4.69, 9.17) is 0 Å². The molecule has 0 amide bonds. The number of benzene rings is 1. The number of halogens is 3. The zero-order valence-electron chi connectivity index (χ0n) is 13.4. The molecule has 2 rings (SSSR count). The number of aryl methyl sites for hydroxylation is 1. The third-order valence-corrected chi connectivity index (χ3v) is 3.20. The maximum atomic E-state index is 12.5. The van der Waals surface area contributed by atoms with Crippen LogP contribution in [0, 0.1) is 6.92 Å². The van der Waals surface area contributed by atoms with Gasteiger partial charge in [-0.3, -0.25) is 9.98 Å². The molecule has 5 heteroatoms. The Balaban J connectivity index is 0.000000253. The second-order valence-corrected chi connectivity index (χ2v) is 4.77. The van der Waals surface area contributed by atoms with E-state index < -0.39 is 11.7 Å². The van der Waals surface area contributed by atoms with Crippen LogP contribution in [0.3, 0.4) is 0 Å². The summed E-state index contributed by atoms with van der Waals surface area (Å²) in [4.78, 5) is 7.35. The Kier molecular flexibility index (Phi) is 6.69. The van der Waals surface area contributed by atoms with Gasteiger partial charge in [0.15, 0.2) is 0 Å². The topological polar surface area (TPSA) is 25.2 Å². The maximum absolute atomic E-state index is 12.5. The van der Waals surface area contributed by atoms with Gasteiger partial charge >= 0.3 is 6.18 Å². The molecule has 0 radical (unpaired) electrons. The molecule has 2 nitrogen and oxygen atoms in total. The van der Waals surface area contributed by atoms with E-state index in [0.717, 1.165) is 6.07 Å². The normalized spacial score (nSPS) is 11.5. The first-order chi connectivity index (χ1) is 10.8. The second-order valence-electron chi connectivity index (χ2n) is 4.77. The Morgan fingerprint density at radius 3 is 2.30 bits per heavy atom. The van der Waals surface area contributed by atoms with Crippen LogP contribution < -0.4 is 0 Å². The average molecular weight is 320 g/mol. The van der Waals surface area contributed by atoms with Gasteiger partial charge in [-0.25, -0.2) is 0 Å². The standard InChI is InChI=1S/C9H9F3N2.C9H10/c1-6(13-2)8-7(9(10,11)12)4-3-5-14-8;1-3-9-7-5-4-6-8(9)2/h3-5H,1-2H3;3-7H,1H2,2H3. The summed E-state index contributed by atoms with van der Waals surface area (Å²) in [7, 11) is 1.43. The fraction of sp³-hybridized carbons (Fsp3) is 0.222. The number of pyridine rings is 1. The third-order valence-electron chi connectivity index (χ3n) is 3.20. The fourth-order valence-electron chi connectivity index (χ4n) is 1.84. The molecular weight excluding hydrogens is 301 g/mol. The Morgan fingerprint density at radius 2 is 1.83 bits per heavy atom. The van der Waals surface area contributed by atoms with Crippen LogP contribution in [0.25, 0.3) is 6.08 Å². The van der Waals surface area contributed by atoms with Gasteiger partial charge in [0.05, 0.1) is 17.0 Å². The zero-order chi connectivity index (χ0) is 17.5. The number of aromatic nitrogens is 1. The van der Waals surface area contributed by atoms with E-state index in [9.17, 15) is 13.2 Å². The molecule has 23 heavy (non-hydrogen) atoms. The number of rotatable bonds is 2. The largest absolute Gasteiger partial charge is 0.418 e. The van der Waals surface area contributed by atoms with Crippen LogP contribution >= 0.6 is 0 Å². The highest BCUT2D eigenvalue weighted by Crippen LogP contribution is 2.31. The van der Waals surface area contributed by atoms with E-state index in [0.29, 0.717) is 0 Å². The van der Waals surface area contributed by atoms with E-state index in [1.807, 2.05) is 18.2 Å². The Morgan fingerprint density at radius 1 is 1.17 bits per heavy atom. The molecule has 0 aliphatic rings. The lowest BCUT2D eigenvalue weighted by molar-refractivity contribution is -0.137. The lowest BCUT2D eigenvalue weighted by Gasteiger charge is -2.10. The van der Waals surface area contributed by atoms with Crippen LogP contribution in [0.15, 0.2) is 54.2 Å². The highest BCUT2D eigenvalue weighted by Gasteiger charge is 2.34. The van der Waals surface area contributed by atoms with Gasteiger partial charge in [-0.05, 0) is 37.1 Å². The molecule has 0 aliphatic heterocycles. The molecular formula is C18H19F3N2. The molecule has 1 aromatic heterocycles. The summed E-state index contributed by atoms with van der Waals surface area (Å²) in [5.41, 5.74) is 1.92. The summed E-state index contributed by atoms with van der Waals surface area (Å²) >= 11 is 0. The number of aliphatic imine (C=N–C) groups is 1. The molecule has 0 fully saturated rings. The molecule has 0 atom stereocenters. The molecule has 2 aromatic rings. The van der Waals surface area contributed by atoms with Crippen molar-refractivity contribution in [3.63, 3.8) is 0 Å². The third kappa shape index (κ3) is 5.36. The molecule has 0 aliphatic carbocycles.